The van der Waals surface area contributed by atoms with Crippen LogP contribution in [-0.2, 0) is 6.54 Å². The Hall–Kier alpha value is -1.33. The molecule has 90 valence electrons. The van der Waals surface area contributed by atoms with Crippen molar-refractivity contribution < 1.29 is 19.4 Å². The van der Waals surface area contributed by atoms with Gasteiger partial charge in [-0.25, -0.2) is 4.79 Å². The average molecular weight is 227 g/mol. The lowest BCUT2D eigenvalue weighted by molar-refractivity contribution is 0.0661. The van der Waals surface area contributed by atoms with Crippen LogP contribution in [0, 0.1) is 6.92 Å². The highest BCUT2D eigenvalue weighted by Crippen LogP contribution is 2.14. The minimum atomic E-state index is -1.07. The molecule has 0 bridgehead atoms. The summed E-state index contributed by atoms with van der Waals surface area (Å²) in [7, 11) is 0. The van der Waals surface area contributed by atoms with Gasteiger partial charge >= 0.3 is 5.97 Å². The molecule has 5 heteroatoms. The molecule has 5 nitrogen and oxygen atoms in total. The van der Waals surface area contributed by atoms with E-state index in [0.717, 1.165) is 5.56 Å². The summed E-state index contributed by atoms with van der Waals surface area (Å²) in [5, 5.41) is 21.1. The van der Waals surface area contributed by atoms with Crippen molar-refractivity contribution in [3.8, 4) is 0 Å². The van der Waals surface area contributed by atoms with E-state index in [4.69, 9.17) is 9.52 Å². The second kappa shape index (κ2) is 5.67. The maximum Gasteiger partial charge on any atom is 0.371 e. The molecule has 1 aromatic rings. The number of aliphatic hydroxyl groups excluding tert-OH is 1. The Morgan fingerprint density at radius 3 is 2.81 bits per heavy atom. The van der Waals surface area contributed by atoms with Gasteiger partial charge in [-0.05, 0) is 19.4 Å². The molecule has 0 radical (unpaired) electrons. The van der Waals surface area contributed by atoms with Crippen LogP contribution in [0.2, 0.25) is 0 Å². The number of hydrogen-bond acceptors (Lipinski definition) is 4. The van der Waals surface area contributed by atoms with E-state index in [0.29, 0.717) is 25.3 Å². The first kappa shape index (κ1) is 12.7. The molecule has 0 spiro atoms. The van der Waals surface area contributed by atoms with Gasteiger partial charge in [-0.15, -0.1) is 0 Å². The lowest BCUT2D eigenvalue weighted by Crippen LogP contribution is -2.25. The normalized spacial score (nSPS) is 12.7. The molecule has 0 aliphatic heterocycles. The Morgan fingerprint density at radius 2 is 2.31 bits per heavy atom. The van der Waals surface area contributed by atoms with Gasteiger partial charge in [-0.1, -0.05) is 6.92 Å². The molecule has 1 atom stereocenters. The van der Waals surface area contributed by atoms with Gasteiger partial charge < -0.3 is 19.9 Å². The molecule has 0 amide bonds. The molecular formula is C11H17NO4. The fraction of sp³-hybridized carbons (Fsp3) is 0.545. The molecule has 0 fully saturated rings. The molecule has 1 unspecified atom stereocenters. The van der Waals surface area contributed by atoms with Crippen molar-refractivity contribution in [1.82, 2.24) is 5.32 Å². The van der Waals surface area contributed by atoms with Gasteiger partial charge in [0.05, 0.1) is 6.10 Å². The monoisotopic (exact) mass is 227 g/mol. The van der Waals surface area contributed by atoms with Crippen LogP contribution in [0.3, 0.4) is 0 Å². The fourth-order valence-electron chi connectivity index (χ4n) is 1.32. The highest BCUT2D eigenvalue weighted by Gasteiger charge is 2.12. The van der Waals surface area contributed by atoms with Crippen LogP contribution in [0.1, 0.15) is 35.2 Å². The number of carboxylic acid groups (broad SMARTS) is 1. The van der Waals surface area contributed by atoms with E-state index in [1.807, 2.05) is 6.92 Å². The van der Waals surface area contributed by atoms with Gasteiger partial charge in [0.15, 0.2) is 0 Å². The zero-order valence-corrected chi connectivity index (χ0v) is 9.49. The van der Waals surface area contributed by atoms with Crippen molar-refractivity contribution in [1.29, 1.82) is 0 Å². The number of aryl methyl sites for hydroxylation is 1. The number of hydrogen-bond donors (Lipinski definition) is 3. The molecule has 16 heavy (non-hydrogen) atoms. The third-order valence-corrected chi connectivity index (χ3v) is 2.40. The second-order valence-electron chi connectivity index (χ2n) is 3.69. The summed E-state index contributed by atoms with van der Waals surface area (Å²) >= 11 is 0. The third kappa shape index (κ3) is 3.36. The van der Waals surface area contributed by atoms with Crippen molar-refractivity contribution in [2.75, 3.05) is 6.54 Å². The molecule has 0 aromatic carbocycles. The highest BCUT2D eigenvalue weighted by atomic mass is 16.4. The first-order valence-electron chi connectivity index (χ1n) is 5.26. The standard InChI is InChI=1S/C11H17NO4/c1-3-9(13)6-12-5-8-4-10(11(14)15)16-7(8)2/h4,9,12-13H,3,5-6H2,1-2H3,(H,14,15). The molecule has 0 aliphatic rings. The summed E-state index contributed by atoms with van der Waals surface area (Å²) in [5.74, 6) is -0.524. The summed E-state index contributed by atoms with van der Waals surface area (Å²) in [6.07, 6.45) is 0.323. The van der Waals surface area contributed by atoms with Gasteiger partial charge in [-0.2, -0.15) is 0 Å². The molecule has 0 aliphatic carbocycles. The molecule has 0 saturated heterocycles. The van der Waals surface area contributed by atoms with Crippen LogP contribution < -0.4 is 5.32 Å². The maximum atomic E-state index is 10.6. The number of carbonyl (C=O) groups is 1. The van der Waals surface area contributed by atoms with E-state index in [2.05, 4.69) is 5.32 Å². The van der Waals surface area contributed by atoms with E-state index in [1.54, 1.807) is 6.92 Å². The number of rotatable bonds is 6. The van der Waals surface area contributed by atoms with Crippen LogP contribution in [-0.4, -0.2) is 28.8 Å². The van der Waals surface area contributed by atoms with Crippen molar-refractivity contribution in [2.45, 2.75) is 32.9 Å². The molecule has 0 saturated carbocycles. The van der Waals surface area contributed by atoms with Crippen molar-refractivity contribution in [2.24, 2.45) is 0 Å². The lowest BCUT2D eigenvalue weighted by atomic mass is 10.2. The van der Waals surface area contributed by atoms with E-state index in [9.17, 15) is 9.90 Å². The van der Waals surface area contributed by atoms with Gasteiger partial charge in [0.25, 0.3) is 0 Å². The zero-order chi connectivity index (χ0) is 12.1. The average Bonchev–Trinajstić information content (AvgIpc) is 2.60. The van der Waals surface area contributed by atoms with Gasteiger partial charge in [0, 0.05) is 18.7 Å². The van der Waals surface area contributed by atoms with Crippen LogP contribution >= 0.6 is 0 Å². The first-order valence-corrected chi connectivity index (χ1v) is 5.26. The number of aromatic carboxylic acids is 1. The van der Waals surface area contributed by atoms with Crippen LogP contribution in [0.25, 0.3) is 0 Å². The fourth-order valence-corrected chi connectivity index (χ4v) is 1.32. The second-order valence-corrected chi connectivity index (χ2v) is 3.69. The van der Waals surface area contributed by atoms with E-state index in [-0.39, 0.29) is 11.9 Å². The van der Waals surface area contributed by atoms with Gasteiger partial charge in [0.1, 0.15) is 5.76 Å². The summed E-state index contributed by atoms with van der Waals surface area (Å²) in [4.78, 5) is 10.6. The number of nitrogens with one attached hydrogen (secondary N) is 1. The zero-order valence-electron chi connectivity index (χ0n) is 9.49. The van der Waals surface area contributed by atoms with Crippen LogP contribution in [0.4, 0.5) is 0 Å². The van der Waals surface area contributed by atoms with E-state index in [1.165, 1.54) is 6.07 Å². The van der Waals surface area contributed by atoms with Crippen molar-refractivity contribution >= 4 is 5.97 Å². The minimum absolute atomic E-state index is 0.0506. The third-order valence-electron chi connectivity index (χ3n) is 2.40. The van der Waals surface area contributed by atoms with Crippen LogP contribution in [0.15, 0.2) is 10.5 Å². The van der Waals surface area contributed by atoms with E-state index >= 15 is 0 Å². The van der Waals surface area contributed by atoms with E-state index < -0.39 is 5.97 Å². The maximum absolute atomic E-state index is 10.6. The van der Waals surface area contributed by atoms with Gasteiger partial charge in [-0.3, -0.25) is 0 Å². The number of furan rings is 1. The van der Waals surface area contributed by atoms with Crippen molar-refractivity contribution in [3.05, 3.63) is 23.2 Å². The minimum Gasteiger partial charge on any atom is -0.475 e. The van der Waals surface area contributed by atoms with Gasteiger partial charge in [0.2, 0.25) is 5.76 Å². The predicted octanol–water partition coefficient (Wildman–Crippen LogP) is 1.15. The Balaban J connectivity index is 2.51. The smallest absolute Gasteiger partial charge is 0.371 e. The molecule has 1 aromatic heterocycles. The number of aliphatic hydroxyl groups is 1. The highest BCUT2D eigenvalue weighted by molar-refractivity contribution is 5.84. The Kier molecular flexibility index (Phi) is 4.52. The quantitative estimate of drug-likeness (QED) is 0.679. The summed E-state index contributed by atoms with van der Waals surface area (Å²) in [5.41, 5.74) is 0.806. The summed E-state index contributed by atoms with van der Waals surface area (Å²) in [6, 6.07) is 1.50. The largest absolute Gasteiger partial charge is 0.475 e. The molecular weight excluding hydrogens is 210 g/mol. The lowest BCUT2D eigenvalue weighted by Gasteiger charge is -2.08. The predicted molar refractivity (Wildman–Crippen MR) is 58.4 cm³/mol. The summed E-state index contributed by atoms with van der Waals surface area (Å²) in [6.45, 7) is 4.61. The SMILES string of the molecule is CCC(O)CNCc1cc(C(=O)O)oc1C. The van der Waals surface area contributed by atoms with Crippen LogP contribution in [0.5, 0.6) is 0 Å². The summed E-state index contributed by atoms with van der Waals surface area (Å²) < 4.78 is 5.06. The first-order chi connectivity index (χ1) is 7.54. The Morgan fingerprint density at radius 1 is 1.62 bits per heavy atom. The molecule has 3 N–H and O–H groups in total. The molecule has 1 rings (SSSR count). The van der Waals surface area contributed by atoms with Crippen molar-refractivity contribution in [3.63, 3.8) is 0 Å². The molecule has 1 heterocycles. The topological polar surface area (TPSA) is 82.7 Å². The Labute approximate surface area is 94.1 Å². The Bertz CT molecular complexity index is 359. The number of carboxylic acids is 1.